The molecule has 2 aromatic rings. The van der Waals surface area contributed by atoms with Gasteiger partial charge in [-0.3, -0.25) is 9.59 Å². The number of hydrogen-bond donors (Lipinski definition) is 1. The van der Waals surface area contributed by atoms with Crippen LogP contribution in [0.4, 0.5) is 0 Å². The molecule has 6 nitrogen and oxygen atoms in total. The summed E-state index contributed by atoms with van der Waals surface area (Å²) in [7, 11) is 0. The number of fused-ring (bicyclic) bond motifs is 2. The third kappa shape index (κ3) is 1.58. The molecule has 0 saturated heterocycles. The number of carbonyl (C=O) groups is 1. The number of nitrogens with zero attached hydrogens (tertiary/aromatic N) is 1. The minimum Gasteiger partial charge on any atom is -0.480 e. The molecule has 0 unspecified atom stereocenters. The van der Waals surface area contributed by atoms with Crippen molar-refractivity contribution >= 4 is 16.9 Å². The fourth-order valence-electron chi connectivity index (χ4n) is 1.98. The molecule has 1 N–H and O–H groups in total. The van der Waals surface area contributed by atoms with Gasteiger partial charge in [-0.2, -0.15) is 0 Å². The number of ether oxygens (including phenoxy) is 2. The zero-order valence-electron chi connectivity index (χ0n) is 9.25. The molecule has 2 heterocycles. The van der Waals surface area contributed by atoms with E-state index in [9.17, 15) is 9.59 Å². The molecule has 0 spiro atoms. The average Bonchev–Trinajstić information content (AvgIpc) is 2.78. The van der Waals surface area contributed by atoms with Gasteiger partial charge in [-0.25, -0.2) is 0 Å². The van der Waals surface area contributed by atoms with Gasteiger partial charge in [0.1, 0.15) is 6.54 Å². The van der Waals surface area contributed by atoms with Gasteiger partial charge >= 0.3 is 5.97 Å². The highest BCUT2D eigenvalue weighted by molar-refractivity contribution is 5.84. The molecule has 18 heavy (non-hydrogen) atoms. The summed E-state index contributed by atoms with van der Waals surface area (Å²) < 4.78 is 11.9. The van der Waals surface area contributed by atoms with Gasteiger partial charge in [-0.15, -0.1) is 0 Å². The van der Waals surface area contributed by atoms with Crippen molar-refractivity contribution in [3.05, 3.63) is 34.6 Å². The number of hydrogen-bond acceptors (Lipinski definition) is 4. The Kier molecular flexibility index (Phi) is 2.22. The van der Waals surface area contributed by atoms with E-state index in [1.165, 1.54) is 16.8 Å². The fraction of sp³-hybridized carbons (Fsp3) is 0.167. The Hall–Kier alpha value is -2.50. The minimum absolute atomic E-state index is 0.110. The molecule has 1 aromatic carbocycles. The Bertz CT molecular complexity index is 703. The largest absolute Gasteiger partial charge is 0.480 e. The van der Waals surface area contributed by atoms with Gasteiger partial charge in [0.25, 0.3) is 0 Å². The summed E-state index contributed by atoms with van der Waals surface area (Å²) in [6.07, 6.45) is 1.46. The number of carboxylic acids is 1. The van der Waals surface area contributed by atoms with Gasteiger partial charge < -0.3 is 19.1 Å². The lowest BCUT2D eigenvalue weighted by Gasteiger charge is -2.08. The Morgan fingerprint density at radius 3 is 2.78 bits per heavy atom. The van der Waals surface area contributed by atoms with E-state index in [-0.39, 0.29) is 18.8 Å². The first kappa shape index (κ1) is 10.6. The number of pyridine rings is 1. The van der Waals surface area contributed by atoms with Gasteiger partial charge in [0.15, 0.2) is 16.9 Å². The van der Waals surface area contributed by atoms with Crippen molar-refractivity contribution in [1.29, 1.82) is 0 Å². The summed E-state index contributed by atoms with van der Waals surface area (Å²) >= 11 is 0. The van der Waals surface area contributed by atoms with Gasteiger partial charge in [0, 0.05) is 23.7 Å². The lowest BCUT2D eigenvalue weighted by atomic mass is 10.2. The monoisotopic (exact) mass is 247 g/mol. The SMILES string of the molecule is O=C(O)Cn1ccc(=O)c2cc3c(cc21)OCO3. The van der Waals surface area contributed by atoms with Crippen LogP contribution in [0.2, 0.25) is 0 Å². The normalized spacial score (nSPS) is 12.9. The molecular formula is C12H9NO5. The Balaban J connectivity index is 2.30. The van der Waals surface area contributed by atoms with Crippen molar-refractivity contribution in [2.24, 2.45) is 0 Å². The number of aliphatic carboxylic acids is 1. The molecule has 0 aliphatic carbocycles. The van der Waals surface area contributed by atoms with Crippen LogP contribution in [0.15, 0.2) is 29.2 Å². The third-order valence-corrected chi connectivity index (χ3v) is 2.78. The van der Waals surface area contributed by atoms with Crippen LogP contribution in [-0.2, 0) is 11.3 Å². The maximum atomic E-state index is 11.8. The molecule has 6 heteroatoms. The van der Waals surface area contributed by atoms with Crippen LogP contribution in [-0.4, -0.2) is 22.4 Å². The second-order valence-corrected chi connectivity index (χ2v) is 3.92. The van der Waals surface area contributed by atoms with Crippen LogP contribution in [0, 0.1) is 0 Å². The van der Waals surface area contributed by atoms with Crippen LogP contribution in [0.1, 0.15) is 0 Å². The van der Waals surface area contributed by atoms with Crippen molar-refractivity contribution in [2.45, 2.75) is 6.54 Å². The number of rotatable bonds is 2. The van der Waals surface area contributed by atoms with E-state index < -0.39 is 5.97 Å². The molecule has 0 atom stereocenters. The van der Waals surface area contributed by atoms with Gasteiger partial charge in [0.2, 0.25) is 6.79 Å². The van der Waals surface area contributed by atoms with E-state index >= 15 is 0 Å². The molecule has 0 amide bonds. The van der Waals surface area contributed by atoms with Gasteiger partial charge in [-0.05, 0) is 6.07 Å². The summed E-state index contributed by atoms with van der Waals surface area (Å²) in [5.74, 6) is 0.0533. The molecule has 0 bridgehead atoms. The van der Waals surface area contributed by atoms with Crippen LogP contribution >= 0.6 is 0 Å². The van der Waals surface area contributed by atoms with Gasteiger partial charge in [0.05, 0.1) is 5.52 Å². The quantitative estimate of drug-likeness (QED) is 0.849. The second-order valence-electron chi connectivity index (χ2n) is 3.92. The van der Waals surface area contributed by atoms with Crippen molar-refractivity contribution in [2.75, 3.05) is 6.79 Å². The van der Waals surface area contributed by atoms with Crippen LogP contribution in [0.3, 0.4) is 0 Å². The highest BCUT2D eigenvalue weighted by Crippen LogP contribution is 2.34. The standard InChI is InChI=1S/C12H9NO5/c14-9-1-2-13(5-12(15)16)8-4-11-10(3-7(8)9)17-6-18-11/h1-4H,5-6H2,(H,15,16). The first-order valence-electron chi connectivity index (χ1n) is 5.30. The highest BCUT2D eigenvalue weighted by atomic mass is 16.7. The van der Waals surface area contributed by atoms with E-state index in [2.05, 4.69) is 0 Å². The molecule has 1 aliphatic heterocycles. The Labute approximate surface area is 101 Å². The molecule has 0 radical (unpaired) electrons. The molecule has 3 rings (SSSR count). The Morgan fingerprint density at radius 2 is 2.06 bits per heavy atom. The second kappa shape index (κ2) is 3.76. The lowest BCUT2D eigenvalue weighted by Crippen LogP contribution is -2.13. The molecule has 0 saturated carbocycles. The lowest BCUT2D eigenvalue weighted by molar-refractivity contribution is -0.137. The van der Waals surface area contributed by atoms with Crippen LogP contribution < -0.4 is 14.9 Å². The van der Waals surface area contributed by atoms with Crippen LogP contribution in [0.5, 0.6) is 11.5 Å². The molecular weight excluding hydrogens is 238 g/mol. The van der Waals surface area contributed by atoms with E-state index in [1.54, 1.807) is 12.1 Å². The first-order chi connectivity index (χ1) is 8.65. The predicted octanol–water partition coefficient (Wildman–Crippen LogP) is 0.815. The molecule has 1 aromatic heterocycles. The van der Waals surface area contributed by atoms with Crippen molar-refractivity contribution in [3.8, 4) is 11.5 Å². The molecule has 92 valence electrons. The van der Waals surface area contributed by atoms with E-state index in [1.807, 2.05) is 0 Å². The van der Waals surface area contributed by atoms with E-state index in [0.717, 1.165) is 0 Å². The first-order valence-corrected chi connectivity index (χ1v) is 5.30. The Morgan fingerprint density at radius 1 is 1.33 bits per heavy atom. The summed E-state index contributed by atoms with van der Waals surface area (Å²) in [6.45, 7) is -0.102. The zero-order valence-corrected chi connectivity index (χ0v) is 9.25. The minimum atomic E-state index is -0.974. The summed E-state index contributed by atoms with van der Waals surface area (Å²) in [5.41, 5.74) is 0.346. The highest BCUT2D eigenvalue weighted by Gasteiger charge is 2.17. The number of aromatic nitrogens is 1. The third-order valence-electron chi connectivity index (χ3n) is 2.78. The predicted molar refractivity (Wildman–Crippen MR) is 62.0 cm³/mol. The summed E-state index contributed by atoms with van der Waals surface area (Å²) in [4.78, 5) is 22.5. The maximum absolute atomic E-state index is 11.8. The number of carboxylic acid groups (broad SMARTS) is 1. The molecule has 1 aliphatic rings. The topological polar surface area (TPSA) is 77.8 Å². The maximum Gasteiger partial charge on any atom is 0.323 e. The molecule has 0 fully saturated rings. The van der Waals surface area contributed by atoms with Crippen molar-refractivity contribution in [3.63, 3.8) is 0 Å². The average molecular weight is 247 g/mol. The van der Waals surface area contributed by atoms with E-state index in [0.29, 0.717) is 22.4 Å². The fourth-order valence-corrected chi connectivity index (χ4v) is 1.98. The number of benzene rings is 1. The van der Waals surface area contributed by atoms with Crippen molar-refractivity contribution in [1.82, 2.24) is 4.57 Å². The smallest absolute Gasteiger partial charge is 0.323 e. The van der Waals surface area contributed by atoms with Crippen molar-refractivity contribution < 1.29 is 19.4 Å². The van der Waals surface area contributed by atoms with Gasteiger partial charge in [-0.1, -0.05) is 0 Å². The summed E-state index contributed by atoms with van der Waals surface area (Å²) in [5, 5.41) is 9.25. The zero-order chi connectivity index (χ0) is 12.7. The van der Waals surface area contributed by atoms with E-state index in [4.69, 9.17) is 14.6 Å². The summed E-state index contributed by atoms with van der Waals surface area (Å²) in [6, 6.07) is 4.55. The van der Waals surface area contributed by atoms with Crippen LogP contribution in [0.25, 0.3) is 10.9 Å².